The predicted molar refractivity (Wildman–Crippen MR) is 73.4 cm³/mol. The summed E-state index contributed by atoms with van der Waals surface area (Å²) in [5.74, 6) is -0.0612. The van der Waals surface area contributed by atoms with Crippen LogP contribution in [0.25, 0.3) is 0 Å². The monoisotopic (exact) mass is 263 g/mol. The van der Waals surface area contributed by atoms with Crippen molar-refractivity contribution >= 4 is 17.7 Å². The second-order valence-electron chi connectivity index (χ2n) is 4.11. The van der Waals surface area contributed by atoms with Crippen molar-refractivity contribution in [2.24, 2.45) is 0 Å². The molecular weight excluding hydrogens is 246 g/mol. The van der Waals surface area contributed by atoms with Crippen molar-refractivity contribution in [3.8, 4) is 0 Å². The third-order valence-corrected chi connectivity index (χ3v) is 3.51. The molecule has 1 amide bonds. The number of thioether (sulfide) groups is 1. The number of rotatable bonds is 5. The molecule has 0 saturated carbocycles. The minimum Gasteiger partial charge on any atom is -0.376 e. The van der Waals surface area contributed by atoms with Crippen LogP contribution in [-0.4, -0.2) is 25.2 Å². The summed E-state index contributed by atoms with van der Waals surface area (Å²) in [4.78, 5) is 12.6. The average Bonchev–Trinajstić information content (AvgIpc) is 2.91. The van der Waals surface area contributed by atoms with Crippen LogP contribution in [-0.2, 0) is 9.53 Å². The van der Waals surface area contributed by atoms with E-state index in [-0.39, 0.29) is 12.0 Å². The maximum absolute atomic E-state index is 11.5. The molecule has 1 fully saturated rings. The Kier molecular flexibility index (Phi) is 5.30. The predicted octanol–water partition coefficient (Wildman–Crippen LogP) is 2.59. The van der Waals surface area contributed by atoms with Crippen molar-refractivity contribution in [3.05, 3.63) is 41.8 Å². The summed E-state index contributed by atoms with van der Waals surface area (Å²) in [7, 11) is 0. The number of carbonyl (C=O) groups is 1. The van der Waals surface area contributed by atoms with Gasteiger partial charge in [-0.2, -0.15) is 0 Å². The molecule has 1 aliphatic rings. The largest absolute Gasteiger partial charge is 0.376 e. The summed E-state index contributed by atoms with van der Waals surface area (Å²) < 4.78 is 5.43. The zero-order valence-corrected chi connectivity index (χ0v) is 11.0. The number of amides is 1. The number of ether oxygens (including phenoxy) is 1. The quantitative estimate of drug-likeness (QED) is 0.655. The Morgan fingerprint density at radius 3 is 3.00 bits per heavy atom. The Morgan fingerprint density at radius 1 is 1.44 bits per heavy atom. The number of carbonyl (C=O) groups excluding carboxylic acids is 1. The molecule has 4 heteroatoms. The first-order valence-electron chi connectivity index (χ1n) is 6.12. The van der Waals surface area contributed by atoms with Gasteiger partial charge in [0.15, 0.2) is 0 Å². The second-order valence-corrected chi connectivity index (χ2v) is 5.09. The molecule has 18 heavy (non-hydrogen) atoms. The molecular formula is C14H17NO2S. The molecule has 96 valence electrons. The van der Waals surface area contributed by atoms with Gasteiger partial charge in [0.05, 0.1) is 6.10 Å². The molecule has 2 rings (SSSR count). The van der Waals surface area contributed by atoms with E-state index in [1.807, 2.05) is 30.3 Å². The summed E-state index contributed by atoms with van der Waals surface area (Å²) in [6, 6.07) is 9.96. The number of benzene rings is 1. The van der Waals surface area contributed by atoms with Crippen molar-refractivity contribution in [3.63, 3.8) is 0 Å². The van der Waals surface area contributed by atoms with Crippen LogP contribution >= 0.6 is 11.8 Å². The fraction of sp³-hybridized carbons (Fsp3) is 0.357. The Morgan fingerprint density at radius 2 is 2.28 bits per heavy atom. The summed E-state index contributed by atoms with van der Waals surface area (Å²) in [5.41, 5.74) is 0. The molecule has 0 bridgehead atoms. The van der Waals surface area contributed by atoms with E-state index in [4.69, 9.17) is 4.74 Å². The van der Waals surface area contributed by atoms with Gasteiger partial charge in [0.2, 0.25) is 5.91 Å². The Bertz CT molecular complexity index is 400. The molecule has 1 saturated heterocycles. The molecule has 1 unspecified atom stereocenters. The van der Waals surface area contributed by atoms with Gasteiger partial charge in [0, 0.05) is 24.1 Å². The maximum Gasteiger partial charge on any atom is 0.244 e. The van der Waals surface area contributed by atoms with Gasteiger partial charge in [-0.15, -0.1) is 0 Å². The normalized spacial score (nSPS) is 19.2. The third kappa shape index (κ3) is 4.55. The van der Waals surface area contributed by atoms with E-state index in [1.54, 1.807) is 11.5 Å². The average molecular weight is 263 g/mol. The van der Waals surface area contributed by atoms with E-state index in [2.05, 4.69) is 5.32 Å². The second kappa shape index (κ2) is 7.24. The Hall–Kier alpha value is -1.26. The van der Waals surface area contributed by atoms with Crippen LogP contribution in [0.4, 0.5) is 0 Å². The summed E-state index contributed by atoms with van der Waals surface area (Å²) in [5, 5.41) is 4.65. The molecule has 1 atom stereocenters. The van der Waals surface area contributed by atoms with Crippen molar-refractivity contribution in [1.82, 2.24) is 5.32 Å². The smallest absolute Gasteiger partial charge is 0.244 e. The van der Waals surface area contributed by atoms with Crippen LogP contribution in [0.5, 0.6) is 0 Å². The standard InChI is InChI=1S/C14H17NO2S/c16-14(15-11-12-5-4-9-17-12)8-10-18-13-6-2-1-3-7-13/h1-3,6-8,10,12H,4-5,9,11H2,(H,15,16). The van der Waals surface area contributed by atoms with Gasteiger partial charge in [0.25, 0.3) is 0 Å². The van der Waals surface area contributed by atoms with Gasteiger partial charge in [-0.3, -0.25) is 4.79 Å². The number of hydrogen-bond donors (Lipinski definition) is 1. The number of nitrogens with one attached hydrogen (secondary N) is 1. The molecule has 1 N–H and O–H groups in total. The molecule has 1 heterocycles. The van der Waals surface area contributed by atoms with Crippen molar-refractivity contribution in [2.45, 2.75) is 23.8 Å². The first-order chi connectivity index (χ1) is 8.84. The van der Waals surface area contributed by atoms with Crippen molar-refractivity contribution in [2.75, 3.05) is 13.2 Å². The Labute approximate surface area is 112 Å². The molecule has 0 spiro atoms. The highest BCUT2D eigenvalue weighted by molar-refractivity contribution is 8.02. The van der Waals surface area contributed by atoms with Gasteiger partial charge >= 0.3 is 0 Å². The van der Waals surface area contributed by atoms with Crippen LogP contribution < -0.4 is 5.32 Å². The van der Waals surface area contributed by atoms with Gasteiger partial charge in [0.1, 0.15) is 0 Å². The van der Waals surface area contributed by atoms with Gasteiger partial charge in [-0.1, -0.05) is 30.0 Å². The van der Waals surface area contributed by atoms with E-state index in [9.17, 15) is 4.79 Å². The summed E-state index contributed by atoms with van der Waals surface area (Å²) in [6.45, 7) is 1.43. The zero-order valence-electron chi connectivity index (χ0n) is 10.2. The maximum atomic E-state index is 11.5. The lowest BCUT2D eigenvalue weighted by Crippen LogP contribution is -2.30. The zero-order chi connectivity index (χ0) is 12.6. The summed E-state index contributed by atoms with van der Waals surface area (Å²) >= 11 is 1.53. The molecule has 1 aromatic rings. The Balaban J connectivity index is 1.67. The van der Waals surface area contributed by atoms with E-state index in [0.717, 1.165) is 24.3 Å². The van der Waals surface area contributed by atoms with Gasteiger partial charge in [-0.05, 0) is 30.4 Å². The minimum atomic E-state index is -0.0612. The molecule has 0 radical (unpaired) electrons. The van der Waals surface area contributed by atoms with Crippen LogP contribution in [0.2, 0.25) is 0 Å². The summed E-state index contributed by atoms with van der Waals surface area (Å²) in [6.07, 6.45) is 3.90. The highest BCUT2D eigenvalue weighted by Gasteiger charge is 2.15. The van der Waals surface area contributed by atoms with Crippen LogP contribution in [0, 0.1) is 0 Å². The van der Waals surface area contributed by atoms with E-state index >= 15 is 0 Å². The topological polar surface area (TPSA) is 38.3 Å². The lowest BCUT2D eigenvalue weighted by Gasteiger charge is -2.08. The van der Waals surface area contributed by atoms with Crippen molar-refractivity contribution < 1.29 is 9.53 Å². The highest BCUT2D eigenvalue weighted by Crippen LogP contribution is 2.17. The molecule has 3 nitrogen and oxygen atoms in total. The van der Waals surface area contributed by atoms with E-state index in [0.29, 0.717) is 6.54 Å². The van der Waals surface area contributed by atoms with Crippen LogP contribution in [0.1, 0.15) is 12.8 Å². The minimum absolute atomic E-state index is 0.0612. The first kappa shape index (κ1) is 13.2. The van der Waals surface area contributed by atoms with Crippen LogP contribution in [0.15, 0.2) is 46.7 Å². The van der Waals surface area contributed by atoms with Gasteiger partial charge < -0.3 is 10.1 Å². The fourth-order valence-corrected chi connectivity index (χ4v) is 2.42. The van der Waals surface area contributed by atoms with E-state index < -0.39 is 0 Å². The van der Waals surface area contributed by atoms with E-state index in [1.165, 1.54) is 11.8 Å². The molecule has 0 aliphatic carbocycles. The lowest BCUT2D eigenvalue weighted by atomic mass is 10.2. The SMILES string of the molecule is O=C(C=CSc1ccccc1)NCC1CCCO1. The molecule has 0 aromatic heterocycles. The first-order valence-corrected chi connectivity index (χ1v) is 7.00. The van der Waals surface area contributed by atoms with Crippen molar-refractivity contribution in [1.29, 1.82) is 0 Å². The third-order valence-electron chi connectivity index (χ3n) is 2.69. The molecule has 1 aromatic carbocycles. The molecule has 1 aliphatic heterocycles. The number of hydrogen-bond acceptors (Lipinski definition) is 3. The van der Waals surface area contributed by atoms with Gasteiger partial charge in [-0.25, -0.2) is 0 Å². The van der Waals surface area contributed by atoms with Crippen LogP contribution in [0.3, 0.4) is 0 Å². The fourth-order valence-electron chi connectivity index (χ4n) is 1.75. The highest BCUT2D eigenvalue weighted by atomic mass is 32.2. The lowest BCUT2D eigenvalue weighted by molar-refractivity contribution is -0.117.